The molecule has 3 heterocycles. The van der Waals surface area contributed by atoms with Crippen molar-refractivity contribution in [3.63, 3.8) is 0 Å². The summed E-state index contributed by atoms with van der Waals surface area (Å²) in [5, 5.41) is 0. The zero-order valence-electron chi connectivity index (χ0n) is 15.5. The molecule has 3 aromatic rings. The Morgan fingerprint density at radius 2 is 1.63 bits per heavy atom. The normalized spacial score (nSPS) is 20.1. The van der Waals surface area contributed by atoms with E-state index in [0.717, 1.165) is 29.2 Å². The van der Waals surface area contributed by atoms with Gasteiger partial charge in [0.1, 0.15) is 5.75 Å². The van der Waals surface area contributed by atoms with Crippen LogP contribution in [0.15, 0.2) is 60.9 Å². The third-order valence-corrected chi connectivity index (χ3v) is 5.35. The molecule has 0 spiro atoms. The van der Waals surface area contributed by atoms with Crippen LogP contribution in [-0.4, -0.2) is 25.5 Å². The fraction of sp³-hybridized carbons (Fsp3) is 0.273. The first-order valence-corrected chi connectivity index (χ1v) is 9.19. The molecule has 0 saturated carbocycles. The van der Waals surface area contributed by atoms with Gasteiger partial charge in [-0.1, -0.05) is 12.1 Å². The first-order valence-electron chi connectivity index (χ1n) is 9.19. The summed E-state index contributed by atoms with van der Waals surface area (Å²) in [6.07, 6.45) is 4.91. The van der Waals surface area contributed by atoms with Gasteiger partial charge >= 0.3 is 0 Å². The molecule has 2 aliphatic rings. The van der Waals surface area contributed by atoms with Crippen LogP contribution in [0.2, 0.25) is 0 Å². The van der Waals surface area contributed by atoms with Gasteiger partial charge in [-0.25, -0.2) is 0 Å². The van der Waals surface area contributed by atoms with Gasteiger partial charge in [-0.05, 0) is 35.9 Å². The third kappa shape index (κ3) is 2.79. The average molecular weight is 362 g/mol. The molecular formula is C22H22N2O3. The SMILES string of the molecule is CN(C)c1ccc(C2CC(n3cccc3)Oc3cc4c(cc32)OCO4)cc1. The molecule has 0 radical (unpaired) electrons. The van der Waals surface area contributed by atoms with Gasteiger partial charge in [0.2, 0.25) is 6.79 Å². The van der Waals surface area contributed by atoms with Crippen molar-refractivity contribution in [2.75, 3.05) is 25.8 Å². The van der Waals surface area contributed by atoms with E-state index in [0.29, 0.717) is 0 Å². The minimum absolute atomic E-state index is 0.0496. The summed E-state index contributed by atoms with van der Waals surface area (Å²) in [6.45, 7) is 0.265. The molecular weight excluding hydrogens is 340 g/mol. The zero-order chi connectivity index (χ0) is 18.4. The minimum Gasteiger partial charge on any atom is -0.470 e. The second-order valence-electron chi connectivity index (χ2n) is 7.22. The maximum atomic E-state index is 6.33. The topological polar surface area (TPSA) is 35.9 Å². The van der Waals surface area contributed by atoms with Crippen molar-refractivity contribution in [2.24, 2.45) is 0 Å². The van der Waals surface area contributed by atoms with Gasteiger partial charge < -0.3 is 23.7 Å². The highest BCUT2D eigenvalue weighted by Crippen LogP contribution is 2.49. The van der Waals surface area contributed by atoms with Crippen molar-refractivity contribution in [1.82, 2.24) is 4.57 Å². The fourth-order valence-corrected chi connectivity index (χ4v) is 3.88. The van der Waals surface area contributed by atoms with Gasteiger partial charge in [0.15, 0.2) is 17.7 Å². The van der Waals surface area contributed by atoms with E-state index in [1.165, 1.54) is 11.3 Å². The molecule has 1 aromatic heterocycles. The van der Waals surface area contributed by atoms with Crippen LogP contribution in [0.5, 0.6) is 17.2 Å². The van der Waals surface area contributed by atoms with Crippen molar-refractivity contribution in [3.05, 3.63) is 72.1 Å². The van der Waals surface area contributed by atoms with Crippen LogP contribution >= 0.6 is 0 Å². The van der Waals surface area contributed by atoms with E-state index >= 15 is 0 Å². The van der Waals surface area contributed by atoms with Gasteiger partial charge in [0.05, 0.1) is 0 Å². The predicted molar refractivity (Wildman–Crippen MR) is 104 cm³/mol. The Morgan fingerprint density at radius 1 is 0.926 bits per heavy atom. The Labute approximate surface area is 158 Å². The summed E-state index contributed by atoms with van der Waals surface area (Å²) in [5.74, 6) is 2.65. The smallest absolute Gasteiger partial charge is 0.231 e. The van der Waals surface area contributed by atoms with E-state index in [9.17, 15) is 0 Å². The number of hydrogen-bond donors (Lipinski definition) is 0. The molecule has 5 heteroatoms. The molecule has 0 aliphatic carbocycles. The van der Waals surface area contributed by atoms with E-state index in [1.54, 1.807) is 0 Å². The predicted octanol–water partition coefficient (Wildman–Crippen LogP) is 4.40. The van der Waals surface area contributed by atoms with E-state index in [2.05, 4.69) is 66.3 Å². The first-order chi connectivity index (χ1) is 13.2. The largest absolute Gasteiger partial charge is 0.470 e. The molecule has 0 bridgehead atoms. The number of ether oxygens (including phenoxy) is 3. The lowest BCUT2D eigenvalue weighted by Crippen LogP contribution is -2.24. The van der Waals surface area contributed by atoms with Crippen molar-refractivity contribution >= 4 is 5.69 Å². The van der Waals surface area contributed by atoms with Crippen molar-refractivity contribution in [1.29, 1.82) is 0 Å². The van der Waals surface area contributed by atoms with Crippen LogP contribution in [0, 0.1) is 0 Å². The maximum Gasteiger partial charge on any atom is 0.231 e. The number of hydrogen-bond acceptors (Lipinski definition) is 4. The standard InChI is InChI=1S/C22H22N2O3/c1-23(2)16-7-5-15(6-8-16)17-12-22(24-9-3-4-10-24)27-19-13-21-20(11-18(17)19)25-14-26-21/h3-11,13,17,22H,12,14H2,1-2H3. The number of aromatic nitrogens is 1. The second kappa shape index (κ2) is 6.27. The van der Waals surface area contributed by atoms with Crippen molar-refractivity contribution in [3.8, 4) is 17.2 Å². The molecule has 5 nitrogen and oxygen atoms in total. The van der Waals surface area contributed by atoms with E-state index in [1.807, 2.05) is 18.2 Å². The molecule has 5 rings (SSSR count). The summed E-state index contributed by atoms with van der Waals surface area (Å²) in [4.78, 5) is 2.11. The fourth-order valence-electron chi connectivity index (χ4n) is 3.88. The quantitative estimate of drug-likeness (QED) is 0.692. The van der Waals surface area contributed by atoms with Gasteiger partial charge in [-0.15, -0.1) is 0 Å². The van der Waals surface area contributed by atoms with Gasteiger partial charge in [0, 0.05) is 56.1 Å². The molecule has 2 unspecified atom stereocenters. The highest BCUT2D eigenvalue weighted by Gasteiger charge is 2.32. The maximum absolute atomic E-state index is 6.33. The lowest BCUT2D eigenvalue weighted by atomic mass is 9.85. The van der Waals surface area contributed by atoms with E-state index in [-0.39, 0.29) is 18.9 Å². The molecule has 138 valence electrons. The minimum atomic E-state index is -0.0496. The number of fused-ring (bicyclic) bond motifs is 2. The molecule has 0 amide bonds. The third-order valence-electron chi connectivity index (χ3n) is 5.35. The van der Waals surface area contributed by atoms with Gasteiger partial charge in [-0.2, -0.15) is 0 Å². The highest BCUT2D eigenvalue weighted by molar-refractivity contribution is 5.56. The Hall–Kier alpha value is -3.08. The number of rotatable bonds is 3. The monoisotopic (exact) mass is 362 g/mol. The summed E-state index contributed by atoms with van der Waals surface area (Å²) >= 11 is 0. The molecule has 2 atom stereocenters. The molecule has 0 saturated heterocycles. The lowest BCUT2D eigenvalue weighted by molar-refractivity contribution is 0.0995. The Morgan fingerprint density at radius 3 is 2.33 bits per heavy atom. The van der Waals surface area contributed by atoms with Crippen molar-refractivity contribution in [2.45, 2.75) is 18.6 Å². The molecule has 2 aromatic carbocycles. The number of benzene rings is 2. The van der Waals surface area contributed by atoms with Crippen LogP contribution in [-0.2, 0) is 0 Å². The Bertz CT molecular complexity index is 948. The zero-order valence-corrected chi connectivity index (χ0v) is 15.5. The summed E-state index contributed by atoms with van der Waals surface area (Å²) < 4.78 is 19.6. The summed E-state index contributed by atoms with van der Waals surface area (Å²) in [5.41, 5.74) is 3.63. The lowest BCUT2D eigenvalue weighted by Gasteiger charge is -2.33. The van der Waals surface area contributed by atoms with Crippen LogP contribution in [0.25, 0.3) is 0 Å². The Balaban J connectivity index is 1.58. The molecule has 27 heavy (non-hydrogen) atoms. The van der Waals surface area contributed by atoms with Crippen molar-refractivity contribution < 1.29 is 14.2 Å². The number of anilines is 1. The highest BCUT2D eigenvalue weighted by atomic mass is 16.7. The van der Waals surface area contributed by atoms with Crippen LogP contribution < -0.4 is 19.1 Å². The second-order valence-corrected chi connectivity index (χ2v) is 7.22. The summed E-state index contributed by atoms with van der Waals surface area (Å²) in [6, 6.07) is 16.9. The molecule has 2 aliphatic heterocycles. The molecule has 0 fully saturated rings. The van der Waals surface area contributed by atoms with E-state index in [4.69, 9.17) is 14.2 Å². The average Bonchev–Trinajstić information content (AvgIpc) is 3.37. The summed E-state index contributed by atoms with van der Waals surface area (Å²) in [7, 11) is 4.11. The van der Waals surface area contributed by atoms with Crippen LogP contribution in [0.1, 0.15) is 29.7 Å². The van der Waals surface area contributed by atoms with Crippen LogP contribution in [0.3, 0.4) is 0 Å². The number of nitrogens with zero attached hydrogens (tertiary/aromatic N) is 2. The van der Waals surface area contributed by atoms with Gasteiger partial charge in [-0.3, -0.25) is 0 Å². The van der Waals surface area contributed by atoms with Gasteiger partial charge in [0.25, 0.3) is 0 Å². The molecule has 0 N–H and O–H groups in total. The van der Waals surface area contributed by atoms with E-state index < -0.39 is 0 Å². The first kappa shape index (κ1) is 16.1. The van der Waals surface area contributed by atoms with Crippen LogP contribution in [0.4, 0.5) is 5.69 Å². The Kier molecular flexibility index (Phi) is 3.74.